The van der Waals surface area contributed by atoms with E-state index in [1.54, 1.807) is 24.3 Å². The van der Waals surface area contributed by atoms with E-state index in [1.165, 1.54) is 31.2 Å². The first kappa shape index (κ1) is 20.9. The normalized spacial score (nSPS) is 11.5. The van der Waals surface area contributed by atoms with Crippen molar-refractivity contribution in [2.75, 3.05) is 6.61 Å². The van der Waals surface area contributed by atoms with E-state index in [-0.39, 0.29) is 11.3 Å². The Morgan fingerprint density at radius 3 is 2.00 bits per heavy atom. The van der Waals surface area contributed by atoms with Gasteiger partial charge in [0.2, 0.25) is 0 Å². The van der Waals surface area contributed by atoms with Gasteiger partial charge in [0.1, 0.15) is 17.2 Å². The molecule has 0 aliphatic heterocycles. The minimum atomic E-state index is -2.95. The van der Waals surface area contributed by atoms with Crippen molar-refractivity contribution in [1.29, 1.82) is 0 Å². The van der Waals surface area contributed by atoms with Gasteiger partial charge in [0.05, 0.1) is 6.61 Å². The summed E-state index contributed by atoms with van der Waals surface area (Å²) in [4.78, 5) is 24.0. The van der Waals surface area contributed by atoms with E-state index in [1.807, 2.05) is 6.92 Å². The van der Waals surface area contributed by atoms with Crippen molar-refractivity contribution in [2.45, 2.75) is 26.6 Å². The molecule has 9 heteroatoms. The molecule has 0 spiro atoms. The molecule has 2 aromatic carbocycles. The van der Waals surface area contributed by atoms with Crippen molar-refractivity contribution < 1.29 is 32.6 Å². The smallest absolute Gasteiger partial charge is 0.387 e. The van der Waals surface area contributed by atoms with Crippen LogP contribution < -0.4 is 25.1 Å². The van der Waals surface area contributed by atoms with Crippen molar-refractivity contribution >= 4 is 11.8 Å². The van der Waals surface area contributed by atoms with Crippen molar-refractivity contribution in [2.24, 2.45) is 0 Å². The topological polar surface area (TPSA) is 85.9 Å². The molecule has 0 fully saturated rings. The summed E-state index contributed by atoms with van der Waals surface area (Å²) in [6.07, 6.45) is -0.875. The fourth-order valence-corrected chi connectivity index (χ4v) is 2.12. The van der Waals surface area contributed by atoms with E-state index in [4.69, 9.17) is 9.47 Å². The number of ether oxygens (including phenoxy) is 3. The highest BCUT2D eigenvalue weighted by molar-refractivity contribution is 5.95. The lowest BCUT2D eigenvalue weighted by atomic mass is 10.2. The van der Waals surface area contributed by atoms with Gasteiger partial charge in [-0.25, -0.2) is 0 Å². The number of nitrogens with one attached hydrogen (secondary N) is 2. The molecule has 2 N–H and O–H groups in total. The van der Waals surface area contributed by atoms with E-state index in [0.29, 0.717) is 18.1 Å². The molecule has 2 amide bonds. The van der Waals surface area contributed by atoms with Gasteiger partial charge in [-0.1, -0.05) is 0 Å². The van der Waals surface area contributed by atoms with Crippen LogP contribution in [0, 0.1) is 0 Å². The summed E-state index contributed by atoms with van der Waals surface area (Å²) in [5, 5.41) is 0. The molecule has 7 nitrogen and oxygen atoms in total. The SMILES string of the molecule is CCOc1ccc(OC(C)C(=O)NNC(=O)c2ccc(OC(F)F)cc2)cc1. The monoisotopic (exact) mass is 394 g/mol. The fraction of sp³-hybridized carbons (Fsp3) is 0.263. The quantitative estimate of drug-likeness (QED) is 0.673. The first-order valence-corrected chi connectivity index (χ1v) is 8.43. The number of benzene rings is 2. The molecule has 0 saturated heterocycles. The molecule has 0 heterocycles. The lowest BCUT2D eigenvalue weighted by molar-refractivity contribution is -0.128. The van der Waals surface area contributed by atoms with Gasteiger partial charge in [-0.2, -0.15) is 8.78 Å². The van der Waals surface area contributed by atoms with Gasteiger partial charge >= 0.3 is 6.61 Å². The maximum Gasteiger partial charge on any atom is 0.387 e. The summed E-state index contributed by atoms with van der Waals surface area (Å²) in [5.74, 6) is -0.116. The second-order valence-electron chi connectivity index (χ2n) is 5.51. The van der Waals surface area contributed by atoms with E-state index < -0.39 is 24.5 Å². The molecule has 28 heavy (non-hydrogen) atoms. The van der Waals surface area contributed by atoms with Crippen LogP contribution in [0.3, 0.4) is 0 Å². The molecule has 1 unspecified atom stereocenters. The predicted molar refractivity (Wildman–Crippen MR) is 96.4 cm³/mol. The van der Waals surface area contributed by atoms with Crippen molar-refractivity contribution in [3.8, 4) is 17.2 Å². The first-order chi connectivity index (χ1) is 13.4. The Kier molecular flexibility index (Phi) is 7.55. The Hall–Kier alpha value is -3.36. The van der Waals surface area contributed by atoms with Gasteiger partial charge in [0.15, 0.2) is 6.10 Å². The average molecular weight is 394 g/mol. The van der Waals surface area contributed by atoms with Crippen LogP contribution in [0.5, 0.6) is 17.2 Å². The number of halogens is 2. The maximum absolute atomic E-state index is 12.1. The third-order valence-electron chi connectivity index (χ3n) is 3.46. The van der Waals surface area contributed by atoms with Crippen LogP contribution in [0.1, 0.15) is 24.2 Å². The number of carbonyl (C=O) groups excluding carboxylic acids is 2. The summed E-state index contributed by atoms with van der Waals surface area (Å²) in [7, 11) is 0. The van der Waals surface area contributed by atoms with Gasteiger partial charge in [0, 0.05) is 5.56 Å². The van der Waals surface area contributed by atoms with Gasteiger partial charge in [-0.3, -0.25) is 20.4 Å². The maximum atomic E-state index is 12.1. The van der Waals surface area contributed by atoms with Crippen LogP contribution in [0.4, 0.5) is 8.78 Å². The molecule has 1 atom stereocenters. The van der Waals surface area contributed by atoms with E-state index >= 15 is 0 Å². The van der Waals surface area contributed by atoms with Crippen molar-refractivity contribution in [3.63, 3.8) is 0 Å². The molecule has 0 aliphatic rings. The van der Waals surface area contributed by atoms with Crippen LogP contribution in [-0.4, -0.2) is 31.1 Å². The summed E-state index contributed by atoms with van der Waals surface area (Å²) < 4.78 is 39.2. The minimum absolute atomic E-state index is 0.0760. The van der Waals surface area contributed by atoms with Crippen LogP contribution >= 0.6 is 0 Å². The third-order valence-corrected chi connectivity index (χ3v) is 3.46. The zero-order valence-corrected chi connectivity index (χ0v) is 15.3. The number of hydrazine groups is 1. The van der Waals surface area contributed by atoms with Crippen LogP contribution in [0.15, 0.2) is 48.5 Å². The van der Waals surface area contributed by atoms with Gasteiger partial charge in [-0.05, 0) is 62.4 Å². The Balaban J connectivity index is 1.82. The summed E-state index contributed by atoms with van der Waals surface area (Å²) >= 11 is 0. The van der Waals surface area contributed by atoms with Crippen molar-refractivity contribution in [3.05, 3.63) is 54.1 Å². The number of hydrogen-bond donors (Lipinski definition) is 2. The lowest BCUT2D eigenvalue weighted by Crippen LogP contribution is -2.47. The number of alkyl halides is 2. The molecular formula is C19H20F2N2O5. The van der Waals surface area contributed by atoms with Crippen LogP contribution in [-0.2, 0) is 4.79 Å². The Morgan fingerprint density at radius 1 is 0.893 bits per heavy atom. The lowest BCUT2D eigenvalue weighted by Gasteiger charge is -2.15. The fourth-order valence-electron chi connectivity index (χ4n) is 2.12. The molecule has 0 aliphatic carbocycles. The number of rotatable bonds is 8. The highest BCUT2D eigenvalue weighted by atomic mass is 19.3. The zero-order chi connectivity index (χ0) is 20.5. The van der Waals surface area contributed by atoms with Crippen LogP contribution in [0.2, 0.25) is 0 Å². The van der Waals surface area contributed by atoms with Crippen molar-refractivity contribution in [1.82, 2.24) is 10.9 Å². The van der Waals surface area contributed by atoms with Crippen LogP contribution in [0.25, 0.3) is 0 Å². The standard InChI is InChI=1S/C19H20F2N2O5/c1-3-26-14-8-10-15(11-9-14)27-12(2)17(24)22-23-18(25)13-4-6-16(7-5-13)28-19(20)21/h4-12,19H,3H2,1-2H3,(H,22,24)(H,23,25). The molecule has 150 valence electrons. The zero-order valence-electron chi connectivity index (χ0n) is 15.3. The molecular weight excluding hydrogens is 374 g/mol. The molecule has 0 aromatic heterocycles. The third kappa shape index (κ3) is 6.42. The molecule has 2 aromatic rings. The van der Waals surface area contributed by atoms with Gasteiger partial charge in [-0.15, -0.1) is 0 Å². The predicted octanol–water partition coefficient (Wildman–Crippen LogP) is 2.92. The van der Waals surface area contributed by atoms with E-state index in [2.05, 4.69) is 15.6 Å². The Labute approximate surface area is 160 Å². The van der Waals surface area contributed by atoms with Gasteiger partial charge < -0.3 is 14.2 Å². The molecule has 0 saturated carbocycles. The molecule has 0 radical (unpaired) electrons. The second-order valence-corrected chi connectivity index (χ2v) is 5.51. The summed E-state index contributed by atoms with van der Waals surface area (Å²) in [5.41, 5.74) is 4.62. The van der Waals surface area contributed by atoms with Gasteiger partial charge in [0.25, 0.3) is 11.8 Å². The average Bonchev–Trinajstić information content (AvgIpc) is 2.67. The van der Waals surface area contributed by atoms with E-state index in [0.717, 1.165) is 0 Å². The second kappa shape index (κ2) is 10.1. The number of amides is 2. The highest BCUT2D eigenvalue weighted by Crippen LogP contribution is 2.18. The molecule has 2 rings (SSSR count). The number of hydrogen-bond acceptors (Lipinski definition) is 5. The van der Waals surface area contributed by atoms with E-state index in [9.17, 15) is 18.4 Å². The Morgan fingerprint density at radius 2 is 1.43 bits per heavy atom. The highest BCUT2D eigenvalue weighted by Gasteiger charge is 2.16. The minimum Gasteiger partial charge on any atom is -0.494 e. The first-order valence-electron chi connectivity index (χ1n) is 8.43. The largest absolute Gasteiger partial charge is 0.494 e. The summed E-state index contributed by atoms with van der Waals surface area (Å²) in [6.45, 7) is 0.988. The number of carbonyl (C=O) groups is 2. The molecule has 0 bridgehead atoms. The Bertz CT molecular complexity index is 782. The summed E-state index contributed by atoms with van der Waals surface area (Å²) in [6, 6.07) is 11.8.